The fourth-order valence-electron chi connectivity index (χ4n) is 1.95. The van der Waals surface area contributed by atoms with Gasteiger partial charge >= 0.3 is 0 Å². The summed E-state index contributed by atoms with van der Waals surface area (Å²) in [6.45, 7) is 1.14. The highest BCUT2D eigenvalue weighted by atomic mass is 16.3. The van der Waals surface area contributed by atoms with Gasteiger partial charge in [0.2, 0.25) is 0 Å². The third kappa shape index (κ3) is 2.36. The third-order valence-corrected chi connectivity index (χ3v) is 3.00. The maximum atomic E-state index is 12.1. The van der Waals surface area contributed by atoms with Crippen molar-refractivity contribution in [3.8, 4) is 11.8 Å². The number of likely N-dealkylation sites (tertiary alicyclic amines) is 1. The van der Waals surface area contributed by atoms with E-state index in [1.165, 1.54) is 18.5 Å². The van der Waals surface area contributed by atoms with Gasteiger partial charge in [-0.1, -0.05) is 0 Å². The first-order chi connectivity index (χ1) is 8.22. The lowest BCUT2D eigenvalue weighted by Gasteiger charge is -2.29. The number of nitriles is 1. The zero-order valence-corrected chi connectivity index (χ0v) is 9.33. The van der Waals surface area contributed by atoms with Crippen LogP contribution >= 0.6 is 0 Å². The summed E-state index contributed by atoms with van der Waals surface area (Å²) in [5, 5.41) is 18.3. The molecule has 0 saturated carbocycles. The molecule has 1 saturated heterocycles. The molecule has 5 heteroatoms. The number of carbonyl (C=O) groups is 1. The van der Waals surface area contributed by atoms with Crippen molar-refractivity contribution >= 4 is 5.91 Å². The van der Waals surface area contributed by atoms with Crippen LogP contribution in [0.4, 0.5) is 0 Å². The first-order valence-electron chi connectivity index (χ1n) is 5.54. The lowest BCUT2D eigenvalue weighted by atomic mass is 9.98. The Morgan fingerprint density at radius 1 is 1.53 bits per heavy atom. The first kappa shape index (κ1) is 11.4. The quantitative estimate of drug-likeness (QED) is 0.786. The number of hydrogen-bond acceptors (Lipinski definition) is 4. The molecule has 0 unspecified atom stereocenters. The van der Waals surface area contributed by atoms with Crippen molar-refractivity contribution in [3.05, 3.63) is 24.0 Å². The van der Waals surface area contributed by atoms with Crippen LogP contribution in [0.25, 0.3) is 0 Å². The van der Waals surface area contributed by atoms with E-state index in [9.17, 15) is 9.90 Å². The van der Waals surface area contributed by atoms with Crippen molar-refractivity contribution in [2.45, 2.75) is 12.8 Å². The van der Waals surface area contributed by atoms with E-state index < -0.39 is 0 Å². The van der Waals surface area contributed by atoms with Crippen LogP contribution < -0.4 is 0 Å². The summed E-state index contributed by atoms with van der Waals surface area (Å²) in [5.41, 5.74) is 0.274. The molecule has 0 aliphatic carbocycles. The summed E-state index contributed by atoms with van der Waals surface area (Å²) >= 11 is 0. The number of nitrogens with zero attached hydrogens (tertiary/aromatic N) is 3. The van der Waals surface area contributed by atoms with Gasteiger partial charge in [0.25, 0.3) is 5.91 Å². The first-order valence-corrected chi connectivity index (χ1v) is 5.54. The van der Waals surface area contributed by atoms with Crippen LogP contribution in [0.1, 0.15) is 23.2 Å². The Hall–Kier alpha value is -2.09. The number of aromatic hydroxyl groups is 1. The number of piperidine rings is 1. The van der Waals surface area contributed by atoms with E-state index in [0.29, 0.717) is 25.9 Å². The molecule has 0 spiro atoms. The normalized spacial score (nSPS) is 16.5. The van der Waals surface area contributed by atoms with Crippen LogP contribution in [-0.4, -0.2) is 34.0 Å². The Balaban J connectivity index is 2.08. The predicted molar refractivity (Wildman–Crippen MR) is 60.1 cm³/mol. The summed E-state index contributed by atoms with van der Waals surface area (Å²) < 4.78 is 0. The van der Waals surface area contributed by atoms with Gasteiger partial charge in [-0.25, -0.2) is 0 Å². The molecule has 0 bridgehead atoms. The minimum atomic E-state index is -0.193. The molecule has 2 rings (SSSR count). The molecule has 1 aromatic rings. The molecule has 1 N–H and O–H groups in total. The van der Waals surface area contributed by atoms with E-state index in [1.807, 2.05) is 0 Å². The Bertz CT molecular complexity index is 459. The molecular formula is C12H13N3O2. The second kappa shape index (κ2) is 4.83. The smallest absolute Gasteiger partial charge is 0.257 e. The molecule has 1 fully saturated rings. The Morgan fingerprint density at radius 3 is 2.82 bits per heavy atom. The number of rotatable bonds is 1. The van der Waals surface area contributed by atoms with E-state index in [1.54, 1.807) is 4.90 Å². The van der Waals surface area contributed by atoms with Gasteiger partial charge in [0.15, 0.2) is 0 Å². The topological polar surface area (TPSA) is 77.2 Å². The van der Waals surface area contributed by atoms with Crippen LogP contribution in [0, 0.1) is 17.2 Å². The monoisotopic (exact) mass is 231 g/mol. The predicted octanol–water partition coefficient (Wildman–Crippen LogP) is 1.16. The van der Waals surface area contributed by atoms with E-state index in [2.05, 4.69) is 11.1 Å². The SMILES string of the molecule is N#CC1CCN(C(=O)c2ccncc2O)CC1. The molecule has 1 aromatic heterocycles. The molecule has 1 aliphatic rings. The average molecular weight is 231 g/mol. The molecule has 5 nitrogen and oxygen atoms in total. The standard InChI is InChI=1S/C12H13N3O2/c13-7-9-2-5-15(6-3-9)12(17)10-1-4-14-8-11(10)16/h1,4,8-9,16H,2-3,5-6H2. The van der Waals surface area contributed by atoms with Crippen LogP contribution in [0.15, 0.2) is 18.5 Å². The van der Waals surface area contributed by atoms with E-state index in [4.69, 9.17) is 5.26 Å². The van der Waals surface area contributed by atoms with Gasteiger partial charge in [-0.05, 0) is 18.9 Å². The van der Waals surface area contributed by atoms with Crippen molar-refractivity contribution in [2.24, 2.45) is 5.92 Å². The molecule has 0 aromatic carbocycles. The van der Waals surface area contributed by atoms with Crippen LogP contribution in [-0.2, 0) is 0 Å². The number of hydrogen-bond donors (Lipinski definition) is 1. The molecule has 88 valence electrons. The molecule has 2 heterocycles. The van der Waals surface area contributed by atoms with Crippen molar-refractivity contribution in [1.29, 1.82) is 5.26 Å². The van der Waals surface area contributed by atoms with Gasteiger partial charge in [-0.15, -0.1) is 0 Å². The lowest BCUT2D eigenvalue weighted by molar-refractivity contribution is 0.0704. The number of amides is 1. The fourth-order valence-corrected chi connectivity index (χ4v) is 1.95. The van der Waals surface area contributed by atoms with E-state index in [0.717, 1.165) is 0 Å². The van der Waals surface area contributed by atoms with Crippen molar-refractivity contribution in [2.75, 3.05) is 13.1 Å². The van der Waals surface area contributed by atoms with Gasteiger partial charge in [0, 0.05) is 25.2 Å². The highest BCUT2D eigenvalue weighted by Crippen LogP contribution is 2.21. The molecular weight excluding hydrogens is 218 g/mol. The second-order valence-corrected chi connectivity index (χ2v) is 4.09. The third-order valence-electron chi connectivity index (χ3n) is 3.00. The highest BCUT2D eigenvalue weighted by molar-refractivity contribution is 5.96. The maximum Gasteiger partial charge on any atom is 0.257 e. The highest BCUT2D eigenvalue weighted by Gasteiger charge is 2.24. The zero-order valence-electron chi connectivity index (χ0n) is 9.33. The van der Waals surface area contributed by atoms with Crippen LogP contribution in [0.3, 0.4) is 0 Å². The molecule has 17 heavy (non-hydrogen) atoms. The van der Waals surface area contributed by atoms with E-state index in [-0.39, 0.29) is 23.1 Å². The van der Waals surface area contributed by atoms with E-state index >= 15 is 0 Å². The Kier molecular flexibility index (Phi) is 3.24. The number of aromatic nitrogens is 1. The maximum absolute atomic E-state index is 12.1. The molecule has 0 atom stereocenters. The van der Waals surface area contributed by atoms with Crippen molar-refractivity contribution in [3.63, 3.8) is 0 Å². The summed E-state index contributed by atoms with van der Waals surface area (Å²) in [6.07, 6.45) is 4.15. The minimum Gasteiger partial charge on any atom is -0.505 e. The fraction of sp³-hybridized carbons (Fsp3) is 0.417. The van der Waals surface area contributed by atoms with Crippen molar-refractivity contribution < 1.29 is 9.90 Å². The van der Waals surface area contributed by atoms with Gasteiger partial charge in [-0.2, -0.15) is 5.26 Å². The largest absolute Gasteiger partial charge is 0.505 e. The summed E-state index contributed by atoms with van der Waals surface area (Å²) in [4.78, 5) is 17.5. The van der Waals surface area contributed by atoms with Gasteiger partial charge in [0.05, 0.1) is 17.8 Å². The second-order valence-electron chi connectivity index (χ2n) is 4.09. The van der Waals surface area contributed by atoms with Gasteiger partial charge < -0.3 is 10.0 Å². The summed E-state index contributed by atoms with van der Waals surface area (Å²) in [7, 11) is 0. The zero-order chi connectivity index (χ0) is 12.3. The molecule has 1 amide bonds. The van der Waals surface area contributed by atoms with Crippen molar-refractivity contribution in [1.82, 2.24) is 9.88 Å². The minimum absolute atomic E-state index is 0.0464. The van der Waals surface area contributed by atoms with Gasteiger partial charge in [-0.3, -0.25) is 9.78 Å². The van der Waals surface area contributed by atoms with Crippen LogP contribution in [0.5, 0.6) is 5.75 Å². The average Bonchev–Trinajstić information content (AvgIpc) is 2.39. The van der Waals surface area contributed by atoms with Gasteiger partial charge in [0.1, 0.15) is 5.75 Å². The summed E-state index contributed by atoms with van der Waals surface area (Å²) in [6, 6.07) is 3.73. The lowest BCUT2D eigenvalue weighted by Crippen LogP contribution is -2.38. The van der Waals surface area contributed by atoms with Crippen LogP contribution in [0.2, 0.25) is 0 Å². The number of carbonyl (C=O) groups excluding carboxylic acids is 1. The molecule has 0 radical (unpaired) electrons. The number of pyridine rings is 1. The molecule has 1 aliphatic heterocycles. The Labute approximate surface area is 99.3 Å². The Morgan fingerprint density at radius 2 is 2.24 bits per heavy atom. The summed E-state index contributed by atoms with van der Waals surface area (Å²) in [5.74, 6) is -0.244.